The molecule has 1 spiro atoms. The molecular formula is C20H28ClN7O2. The first kappa shape index (κ1) is 20.7. The van der Waals surface area contributed by atoms with Crippen molar-refractivity contribution in [3.63, 3.8) is 0 Å². The summed E-state index contributed by atoms with van der Waals surface area (Å²) in [5.41, 5.74) is 1.10. The van der Waals surface area contributed by atoms with Crippen LogP contribution in [-0.4, -0.2) is 62.0 Å². The summed E-state index contributed by atoms with van der Waals surface area (Å²) >= 11 is 6.43. The maximum Gasteiger partial charge on any atom is 0.407 e. The zero-order chi connectivity index (χ0) is 21.3. The smallest absolute Gasteiger partial charge is 0.407 e. The normalized spacial score (nSPS) is 19.1. The number of carboxylic acid groups (broad SMARTS) is 1. The van der Waals surface area contributed by atoms with Crippen LogP contribution in [0.4, 0.5) is 22.2 Å². The summed E-state index contributed by atoms with van der Waals surface area (Å²) in [5, 5.41) is 17.0. The van der Waals surface area contributed by atoms with E-state index >= 15 is 0 Å². The second-order valence-electron chi connectivity index (χ2n) is 8.50. The minimum absolute atomic E-state index is 0.284. The summed E-state index contributed by atoms with van der Waals surface area (Å²) in [6, 6.07) is 0.353. The summed E-state index contributed by atoms with van der Waals surface area (Å²) in [5.74, 6) is 1.21. The van der Waals surface area contributed by atoms with Crippen LogP contribution in [0.2, 0.25) is 5.02 Å². The number of halogens is 1. The average molecular weight is 434 g/mol. The Morgan fingerprint density at radius 1 is 1.27 bits per heavy atom. The van der Waals surface area contributed by atoms with E-state index in [-0.39, 0.29) is 5.41 Å². The van der Waals surface area contributed by atoms with Gasteiger partial charge in [0.05, 0.1) is 18.1 Å². The van der Waals surface area contributed by atoms with Gasteiger partial charge >= 0.3 is 6.09 Å². The number of aromatic nitrogens is 4. The Bertz CT molecular complexity index is 900. The topological polar surface area (TPSA) is 99.4 Å². The predicted octanol–water partition coefficient (Wildman–Crippen LogP) is 3.75. The lowest BCUT2D eigenvalue weighted by Gasteiger charge is -2.47. The number of piperidine rings is 1. The van der Waals surface area contributed by atoms with Crippen molar-refractivity contribution in [2.45, 2.75) is 44.6 Å². The molecule has 9 nitrogen and oxygen atoms in total. The highest BCUT2D eigenvalue weighted by Crippen LogP contribution is 2.46. The van der Waals surface area contributed by atoms with Crippen molar-refractivity contribution in [1.82, 2.24) is 24.6 Å². The van der Waals surface area contributed by atoms with Gasteiger partial charge in [0.1, 0.15) is 5.02 Å². The number of anilines is 3. The summed E-state index contributed by atoms with van der Waals surface area (Å²) < 4.78 is 1.71. The van der Waals surface area contributed by atoms with Crippen LogP contribution < -0.4 is 10.2 Å². The number of carbonyl (C=O) groups is 1. The molecule has 2 fully saturated rings. The van der Waals surface area contributed by atoms with Crippen LogP contribution in [0.25, 0.3) is 0 Å². The van der Waals surface area contributed by atoms with Gasteiger partial charge in [-0.05, 0) is 43.9 Å². The fourth-order valence-corrected chi connectivity index (χ4v) is 4.95. The lowest BCUT2D eigenvalue weighted by atomic mass is 9.67. The molecule has 1 saturated carbocycles. The molecule has 3 heterocycles. The first-order chi connectivity index (χ1) is 14.3. The van der Waals surface area contributed by atoms with Gasteiger partial charge in [-0.25, -0.2) is 9.78 Å². The van der Waals surface area contributed by atoms with Gasteiger partial charge in [0.15, 0.2) is 5.82 Å². The van der Waals surface area contributed by atoms with Crippen LogP contribution in [0.3, 0.4) is 0 Å². The number of rotatable bonds is 4. The molecule has 162 valence electrons. The molecule has 2 aromatic heterocycles. The van der Waals surface area contributed by atoms with Gasteiger partial charge in [-0.15, -0.1) is 0 Å². The third-order valence-electron chi connectivity index (χ3n) is 6.68. The molecule has 2 aromatic rings. The third kappa shape index (κ3) is 4.30. The number of aryl methyl sites for hydroxylation is 1. The van der Waals surface area contributed by atoms with E-state index in [0.29, 0.717) is 30.1 Å². The first-order valence-corrected chi connectivity index (χ1v) is 10.7. The van der Waals surface area contributed by atoms with Crippen molar-refractivity contribution < 1.29 is 9.90 Å². The molecule has 1 aliphatic carbocycles. The van der Waals surface area contributed by atoms with E-state index in [1.54, 1.807) is 22.0 Å². The molecule has 0 aromatic carbocycles. The molecule has 2 aliphatic rings. The van der Waals surface area contributed by atoms with Gasteiger partial charge in [0.2, 0.25) is 5.95 Å². The Balaban J connectivity index is 1.40. The van der Waals surface area contributed by atoms with Crippen LogP contribution in [0.15, 0.2) is 18.6 Å². The lowest BCUT2D eigenvalue weighted by Crippen LogP contribution is -2.46. The van der Waals surface area contributed by atoms with Crippen LogP contribution in [0.1, 0.15) is 38.5 Å². The van der Waals surface area contributed by atoms with Crippen LogP contribution >= 0.6 is 11.6 Å². The van der Waals surface area contributed by atoms with E-state index in [4.69, 9.17) is 11.6 Å². The van der Waals surface area contributed by atoms with Gasteiger partial charge < -0.3 is 20.2 Å². The molecule has 0 atom stereocenters. The van der Waals surface area contributed by atoms with E-state index in [1.165, 1.54) is 0 Å². The highest BCUT2D eigenvalue weighted by atomic mass is 35.5. The standard InChI is InChI=1S/C20H28ClN7O2/c1-26-13-14(11-23-26)24-18-22-12-16(21)17(25-18)27(2)15-3-5-20(6-4-15)7-9-28(10-8-20)19(29)30/h11-13,15H,3-10H2,1-2H3,(H,29,30)(H,22,24,25). The summed E-state index contributed by atoms with van der Waals surface area (Å²) in [4.78, 5) is 23.8. The summed E-state index contributed by atoms with van der Waals surface area (Å²) in [7, 11) is 3.90. The Labute approximate surface area is 181 Å². The van der Waals surface area contributed by atoms with Gasteiger partial charge in [-0.1, -0.05) is 11.6 Å². The Kier molecular flexibility index (Phi) is 5.73. The highest BCUT2D eigenvalue weighted by molar-refractivity contribution is 6.32. The minimum atomic E-state index is -0.799. The van der Waals surface area contributed by atoms with Gasteiger partial charge in [-0.2, -0.15) is 10.1 Å². The highest BCUT2D eigenvalue weighted by Gasteiger charge is 2.40. The molecule has 0 unspecified atom stereocenters. The minimum Gasteiger partial charge on any atom is -0.465 e. The number of hydrogen-bond acceptors (Lipinski definition) is 6. The molecule has 30 heavy (non-hydrogen) atoms. The number of nitrogens with zero attached hydrogens (tertiary/aromatic N) is 6. The molecule has 4 rings (SSSR count). The maximum absolute atomic E-state index is 11.2. The molecule has 1 aliphatic heterocycles. The SMILES string of the molecule is CN(c1nc(Nc2cnn(C)c2)ncc1Cl)C1CCC2(CC1)CCN(C(=O)O)CC2. The van der Waals surface area contributed by atoms with Crippen molar-refractivity contribution in [3.05, 3.63) is 23.6 Å². The molecule has 1 amide bonds. The zero-order valence-electron chi connectivity index (χ0n) is 17.4. The maximum atomic E-state index is 11.2. The van der Waals surface area contributed by atoms with Gasteiger partial charge in [0.25, 0.3) is 0 Å². The molecule has 10 heteroatoms. The lowest BCUT2D eigenvalue weighted by molar-refractivity contribution is 0.0601. The second-order valence-corrected chi connectivity index (χ2v) is 8.91. The van der Waals surface area contributed by atoms with Gasteiger partial charge in [0, 0.05) is 39.4 Å². The molecule has 1 saturated heterocycles. The van der Waals surface area contributed by atoms with Crippen LogP contribution in [-0.2, 0) is 7.05 Å². The van der Waals surface area contributed by atoms with Gasteiger partial charge in [-0.3, -0.25) is 4.68 Å². The van der Waals surface area contributed by atoms with Crippen molar-refractivity contribution >= 4 is 35.1 Å². The van der Waals surface area contributed by atoms with Crippen molar-refractivity contribution in [3.8, 4) is 0 Å². The van der Waals surface area contributed by atoms with Crippen LogP contribution in [0.5, 0.6) is 0 Å². The number of likely N-dealkylation sites (tertiary alicyclic amines) is 1. The predicted molar refractivity (Wildman–Crippen MR) is 115 cm³/mol. The Hall–Kier alpha value is -2.55. The first-order valence-electron chi connectivity index (χ1n) is 10.3. The molecule has 0 bridgehead atoms. The van der Waals surface area contributed by atoms with E-state index in [0.717, 1.165) is 50.0 Å². The molecule has 0 radical (unpaired) electrons. The number of amides is 1. The van der Waals surface area contributed by atoms with E-state index < -0.39 is 6.09 Å². The summed E-state index contributed by atoms with van der Waals surface area (Å²) in [6.45, 7) is 1.30. The van der Waals surface area contributed by atoms with Crippen molar-refractivity contribution in [2.75, 3.05) is 30.4 Å². The Morgan fingerprint density at radius 3 is 2.57 bits per heavy atom. The second kappa shape index (κ2) is 8.29. The van der Waals surface area contributed by atoms with Crippen molar-refractivity contribution in [1.29, 1.82) is 0 Å². The fourth-order valence-electron chi connectivity index (χ4n) is 4.73. The zero-order valence-corrected chi connectivity index (χ0v) is 18.1. The quantitative estimate of drug-likeness (QED) is 0.757. The van der Waals surface area contributed by atoms with E-state index in [9.17, 15) is 9.90 Å². The van der Waals surface area contributed by atoms with Crippen molar-refractivity contribution in [2.24, 2.45) is 12.5 Å². The Morgan fingerprint density at radius 2 is 1.97 bits per heavy atom. The van der Waals surface area contributed by atoms with E-state index in [1.807, 2.05) is 20.3 Å². The van der Waals surface area contributed by atoms with Crippen LogP contribution in [0, 0.1) is 5.41 Å². The molecular weight excluding hydrogens is 406 g/mol. The third-order valence-corrected chi connectivity index (χ3v) is 6.95. The average Bonchev–Trinajstić information content (AvgIpc) is 3.14. The van der Waals surface area contributed by atoms with E-state index in [2.05, 4.69) is 25.3 Å². The number of nitrogens with one attached hydrogen (secondary N) is 1. The number of hydrogen-bond donors (Lipinski definition) is 2. The monoisotopic (exact) mass is 433 g/mol. The largest absolute Gasteiger partial charge is 0.465 e. The molecule has 2 N–H and O–H groups in total. The summed E-state index contributed by atoms with van der Waals surface area (Å²) in [6.07, 6.45) is 10.7. The fraction of sp³-hybridized carbons (Fsp3) is 0.600.